The zero-order chi connectivity index (χ0) is 18.9. The Balaban J connectivity index is 1.44. The number of hydrogen-bond donors (Lipinski definition) is 0. The van der Waals surface area contributed by atoms with Crippen LogP contribution in [0.2, 0.25) is 0 Å². The van der Waals surface area contributed by atoms with Gasteiger partial charge in [0.2, 0.25) is 0 Å². The van der Waals surface area contributed by atoms with Gasteiger partial charge < -0.3 is 14.4 Å². The molecule has 0 spiro atoms. The van der Waals surface area contributed by atoms with E-state index in [1.807, 2.05) is 45.0 Å². The molecule has 142 valence electrons. The van der Waals surface area contributed by atoms with E-state index in [0.717, 1.165) is 24.2 Å². The first-order chi connectivity index (χ1) is 12.2. The number of ether oxygens (including phenoxy) is 2. The summed E-state index contributed by atoms with van der Waals surface area (Å²) >= 11 is 0. The van der Waals surface area contributed by atoms with Gasteiger partial charge in [-0.2, -0.15) is 0 Å². The lowest BCUT2D eigenvalue weighted by atomic mass is 9.94. The van der Waals surface area contributed by atoms with Crippen LogP contribution in [0, 0.1) is 5.92 Å². The van der Waals surface area contributed by atoms with Crippen LogP contribution in [0.1, 0.15) is 58.4 Å². The summed E-state index contributed by atoms with van der Waals surface area (Å²) in [7, 11) is 0. The van der Waals surface area contributed by atoms with E-state index in [1.165, 1.54) is 0 Å². The number of carbonyl (C=O) groups is 2. The van der Waals surface area contributed by atoms with Crippen LogP contribution in [0.4, 0.5) is 4.79 Å². The minimum atomic E-state index is -0.476. The number of hydrogen-bond acceptors (Lipinski definition) is 4. The zero-order valence-electron chi connectivity index (χ0n) is 16.2. The van der Waals surface area contributed by atoms with Gasteiger partial charge in [-0.3, -0.25) is 4.79 Å². The van der Waals surface area contributed by atoms with E-state index < -0.39 is 5.60 Å². The average Bonchev–Trinajstić information content (AvgIpc) is 3.33. The van der Waals surface area contributed by atoms with Crippen molar-refractivity contribution in [3.63, 3.8) is 0 Å². The molecule has 5 nitrogen and oxygen atoms in total. The SMILES string of the molecule is C[C@H](CC(=O)C1CC1)c1ccc(OC2CN(C(=O)OC(C)(C)C)C2)cc1. The standard InChI is InChI=1S/C21H29NO4/c1-14(11-19(23)16-5-6-16)15-7-9-17(10-8-15)25-18-12-22(13-18)20(24)26-21(2,3)4/h7-10,14,16,18H,5-6,11-13H2,1-4H3/t14-/m1/s1. The smallest absolute Gasteiger partial charge is 0.410 e. The Morgan fingerprint density at radius 2 is 1.77 bits per heavy atom. The predicted octanol–water partition coefficient (Wildman–Crippen LogP) is 4.16. The molecule has 1 amide bonds. The molecular weight excluding hydrogens is 330 g/mol. The van der Waals surface area contributed by atoms with E-state index in [0.29, 0.717) is 31.2 Å². The van der Waals surface area contributed by atoms with Crippen molar-refractivity contribution in [2.75, 3.05) is 13.1 Å². The number of benzene rings is 1. The zero-order valence-corrected chi connectivity index (χ0v) is 16.2. The van der Waals surface area contributed by atoms with Crippen molar-refractivity contribution in [3.8, 4) is 5.75 Å². The van der Waals surface area contributed by atoms with E-state index in [2.05, 4.69) is 6.92 Å². The van der Waals surface area contributed by atoms with E-state index >= 15 is 0 Å². The largest absolute Gasteiger partial charge is 0.487 e. The Morgan fingerprint density at radius 3 is 2.31 bits per heavy atom. The molecule has 1 saturated carbocycles. The predicted molar refractivity (Wildman–Crippen MR) is 99.4 cm³/mol. The molecule has 1 aliphatic heterocycles. The fraction of sp³-hybridized carbons (Fsp3) is 0.619. The van der Waals surface area contributed by atoms with Gasteiger partial charge in [0.05, 0.1) is 13.1 Å². The first-order valence-electron chi connectivity index (χ1n) is 9.48. The van der Waals surface area contributed by atoms with Crippen molar-refractivity contribution in [3.05, 3.63) is 29.8 Å². The van der Waals surface area contributed by atoms with Crippen LogP contribution in [0.25, 0.3) is 0 Å². The lowest BCUT2D eigenvalue weighted by molar-refractivity contribution is -0.120. The molecule has 5 heteroatoms. The maximum absolute atomic E-state index is 12.0. The van der Waals surface area contributed by atoms with Gasteiger partial charge >= 0.3 is 6.09 Å². The van der Waals surface area contributed by atoms with Crippen molar-refractivity contribution in [1.82, 2.24) is 4.90 Å². The molecule has 26 heavy (non-hydrogen) atoms. The Bertz CT molecular complexity index is 652. The number of rotatable bonds is 6. The molecule has 1 aromatic carbocycles. The van der Waals surface area contributed by atoms with E-state index in [-0.39, 0.29) is 18.1 Å². The van der Waals surface area contributed by atoms with E-state index in [1.54, 1.807) is 4.90 Å². The summed E-state index contributed by atoms with van der Waals surface area (Å²) in [6.45, 7) is 8.77. The van der Waals surface area contributed by atoms with Crippen molar-refractivity contribution >= 4 is 11.9 Å². The third kappa shape index (κ3) is 4.99. The molecule has 1 atom stereocenters. The lowest BCUT2D eigenvalue weighted by Gasteiger charge is -2.39. The molecule has 0 bridgehead atoms. The van der Waals surface area contributed by atoms with Crippen LogP contribution in [0.3, 0.4) is 0 Å². The molecular formula is C21H29NO4. The minimum Gasteiger partial charge on any atom is -0.487 e. The number of carbonyl (C=O) groups excluding carboxylic acids is 2. The van der Waals surface area contributed by atoms with Gasteiger partial charge in [0.1, 0.15) is 23.2 Å². The van der Waals surface area contributed by atoms with Crippen LogP contribution in [0.5, 0.6) is 5.75 Å². The van der Waals surface area contributed by atoms with Crippen molar-refractivity contribution in [2.24, 2.45) is 5.92 Å². The van der Waals surface area contributed by atoms with Gasteiger partial charge in [-0.05, 0) is 57.2 Å². The highest BCUT2D eigenvalue weighted by atomic mass is 16.6. The second-order valence-corrected chi connectivity index (χ2v) is 8.54. The number of ketones is 1. The summed E-state index contributed by atoms with van der Waals surface area (Å²) in [5.74, 6) is 1.76. The van der Waals surface area contributed by atoms with Crippen molar-refractivity contribution in [1.29, 1.82) is 0 Å². The second kappa shape index (κ2) is 7.29. The quantitative estimate of drug-likeness (QED) is 0.765. The summed E-state index contributed by atoms with van der Waals surface area (Å²) in [5.41, 5.74) is 0.687. The van der Waals surface area contributed by atoms with Crippen LogP contribution >= 0.6 is 0 Å². The molecule has 1 saturated heterocycles. The Hall–Kier alpha value is -2.04. The first kappa shape index (κ1) is 18.7. The Labute approximate surface area is 155 Å². The Morgan fingerprint density at radius 1 is 1.15 bits per heavy atom. The minimum absolute atomic E-state index is 0.00207. The monoisotopic (exact) mass is 359 g/mol. The fourth-order valence-corrected chi connectivity index (χ4v) is 3.05. The average molecular weight is 359 g/mol. The van der Waals surface area contributed by atoms with Gasteiger partial charge in [0.15, 0.2) is 0 Å². The molecule has 1 aromatic rings. The highest BCUT2D eigenvalue weighted by Crippen LogP contribution is 2.34. The summed E-state index contributed by atoms with van der Waals surface area (Å²) in [6.07, 6.45) is 2.47. The summed E-state index contributed by atoms with van der Waals surface area (Å²) in [4.78, 5) is 25.5. The summed E-state index contributed by atoms with van der Waals surface area (Å²) < 4.78 is 11.2. The molecule has 0 radical (unpaired) electrons. The van der Waals surface area contributed by atoms with Crippen molar-refractivity contribution < 1.29 is 19.1 Å². The Kier molecular flexibility index (Phi) is 5.26. The third-order valence-corrected chi connectivity index (χ3v) is 4.79. The highest BCUT2D eigenvalue weighted by molar-refractivity contribution is 5.83. The van der Waals surface area contributed by atoms with Gasteiger partial charge in [-0.1, -0.05) is 19.1 Å². The molecule has 2 aliphatic rings. The molecule has 1 aliphatic carbocycles. The van der Waals surface area contributed by atoms with Crippen LogP contribution in [0.15, 0.2) is 24.3 Å². The molecule has 3 rings (SSSR count). The van der Waals surface area contributed by atoms with Gasteiger partial charge in [0, 0.05) is 12.3 Å². The number of Topliss-reactive ketones (excluding diaryl/α,β-unsaturated/α-hetero) is 1. The van der Waals surface area contributed by atoms with Gasteiger partial charge in [0.25, 0.3) is 0 Å². The topological polar surface area (TPSA) is 55.8 Å². The van der Waals surface area contributed by atoms with Crippen LogP contribution in [-0.2, 0) is 9.53 Å². The van der Waals surface area contributed by atoms with Crippen LogP contribution < -0.4 is 4.74 Å². The first-order valence-corrected chi connectivity index (χ1v) is 9.48. The third-order valence-electron chi connectivity index (χ3n) is 4.79. The van der Waals surface area contributed by atoms with Crippen LogP contribution in [-0.4, -0.2) is 41.6 Å². The molecule has 0 N–H and O–H groups in total. The second-order valence-electron chi connectivity index (χ2n) is 8.54. The van der Waals surface area contributed by atoms with Gasteiger partial charge in [-0.25, -0.2) is 4.79 Å². The molecule has 0 aromatic heterocycles. The highest BCUT2D eigenvalue weighted by Gasteiger charge is 2.35. The number of likely N-dealkylation sites (tertiary alicyclic amines) is 1. The van der Waals surface area contributed by atoms with E-state index in [9.17, 15) is 9.59 Å². The van der Waals surface area contributed by atoms with Crippen molar-refractivity contribution in [2.45, 2.75) is 64.6 Å². The van der Waals surface area contributed by atoms with E-state index in [4.69, 9.17) is 9.47 Å². The summed E-state index contributed by atoms with van der Waals surface area (Å²) in [5, 5.41) is 0. The number of amides is 1. The van der Waals surface area contributed by atoms with Gasteiger partial charge in [-0.15, -0.1) is 0 Å². The molecule has 2 fully saturated rings. The maximum atomic E-state index is 12.0. The molecule has 1 heterocycles. The normalized spacial score (nSPS) is 18.8. The summed E-state index contributed by atoms with van der Waals surface area (Å²) in [6, 6.07) is 7.96. The molecule has 0 unspecified atom stereocenters. The number of nitrogens with zero attached hydrogens (tertiary/aromatic N) is 1. The fourth-order valence-electron chi connectivity index (χ4n) is 3.05. The lowest BCUT2D eigenvalue weighted by Crippen LogP contribution is -2.57. The maximum Gasteiger partial charge on any atom is 0.410 e.